The lowest BCUT2D eigenvalue weighted by Gasteiger charge is -2.21. The zero-order valence-electron chi connectivity index (χ0n) is 18.6. The van der Waals surface area contributed by atoms with E-state index in [0.717, 1.165) is 5.92 Å². The van der Waals surface area contributed by atoms with Crippen molar-refractivity contribution in [2.75, 3.05) is 0 Å². The molecule has 0 nitrogen and oxygen atoms in total. The van der Waals surface area contributed by atoms with Crippen LogP contribution in [-0.4, -0.2) is 0 Å². The van der Waals surface area contributed by atoms with E-state index in [1.54, 1.807) is 0 Å². The summed E-state index contributed by atoms with van der Waals surface area (Å²) in [6.45, 7) is 4.67. The van der Waals surface area contributed by atoms with E-state index in [0.29, 0.717) is 0 Å². The standard InChI is InChI=1S/C26H51/c1-3-5-7-8-9-10-11-14-20-25(19-6-4-2)21-15-12-16-22-26-23-17-13-18-24-26/h25H,3-24H2,1-2H3. The van der Waals surface area contributed by atoms with Crippen LogP contribution in [0, 0.1) is 11.8 Å². The summed E-state index contributed by atoms with van der Waals surface area (Å²) in [6.07, 6.45) is 32.4. The summed E-state index contributed by atoms with van der Waals surface area (Å²) >= 11 is 0. The summed E-state index contributed by atoms with van der Waals surface area (Å²) in [4.78, 5) is 0. The zero-order valence-corrected chi connectivity index (χ0v) is 18.6. The minimum absolute atomic E-state index is 1.04. The van der Waals surface area contributed by atoms with Gasteiger partial charge in [0.2, 0.25) is 0 Å². The van der Waals surface area contributed by atoms with Crippen molar-refractivity contribution >= 4 is 0 Å². The highest BCUT2D eigenvalue weighted by atomic mass is 14.2. The van der Waals surface area contributed by atoms with E-state index < -0.39 is 0 Å². The zero-order chi connectivity index (χ0) is 18.7. The molecule has 0 N–H and O–H groups in total. The van der Waals surface area contributed by atoms with E-state index in [9.17, 15) is 0 Å². The van der Waals surface area contributed by atoms with Crippen LogP contribution in [0.5, 0.6) is 0 Å². The fraction of sp³-hybridized carbons (Fsp3) is 0.962. The summed E-state index contributed by atoms with van der Waals surface area (Å²) in [5, 5.41) is 0. The minimum Gasteiger partial charge on any atom is -0.0654 e. The molecule has 0 saturated heterocycles. The van der Waals surface area contributed by atoms with Gasteiger partial charge in [0.25, 0.3) is 0 Å². The lowest BCUT2D eigenvalue weighted by molar-refractivity contribution is 0.370. The molecule has 26 heavy (non-hydrogen) atoms. The number of hydrogen-bond donors (Lipinski definition) is 0. The monoisotopic (exact) mass is 363 g/mol. The summed E-state index contributed by atoms with van der Waals surface area (Å²) in [5.41, 5.74) is 0. The molecule has 0 aromatic rings. The Balaban J connectivity index is 1.99. The van der Waals surface area contributed by atoms with Crippen molar-refractivity contribution < 1.29 is 0 Å². The van der Waals surface area contributed by atoms with Crippen molar-refractivity contribution in [2.45, 2.75) is 155 Å². The van der Waals surface area contributed by atoms with E-state index in [1.165, 1.54) is 141 Å². The molecule has 1 aliphatic rings. The van der Waals surface area contributed by atoms with Gasteiger partial charge in [-0.15, -0.1) is 0 Å². The van der Waals surface area contributed by atoms with E-state index in [4.69, 9.17) is 0 Å². The molecule has 0 spiro atoms. The quantitative estimate of drug-likeness (QED) is 0.212. The summed E-state index contributed by atoms with van der Waals surface area (Å²) in [6, 6.07) is 0. The van der Waals surface area contributed by atoms with Gasteiger partial charge < -0.3 is 0 Å². The number of hydrogen-bond acceptors (Lipinski definition) is 0. The van der Waals surface area contributed by atoms with E-state index in [-0.39, 0.29) is 0 Å². The molecule has 1 rings (SSSR count). The van der Waals surface area contributed by atoms with Crippen molar-refractivity contribution in [1.82, 2.24) is 0 Å². The average molecular weight is 364 g/mol. The Hall–Kier alpha value is 0. The highest BCUT2D eigenvalue weighted by Gasteiger charge is 2.13. The fourth-order valence-corrected chi connectivity index (χ4v) is 4.78. The highest BCUT2D eigenvalue weighted by molar-refractivity contribution is 4.91. The van der Waals surface area contributed by atoms with Crippen molar-refractivity contribution in [2.24, 2.45) is 5.92 Å². The minimum atomic E-state index is 1.04. The van der Waals surface area contributed by atoms with Crippen molar-refractivity contribution in [3.8, 4) is 0 Å². The van der Waals surface area contributed by atoms with Gasteiger partial charge in [0, 0.05) is 0 Å². The van der Waals surface area contributed by atoms with Crippen LogP contribution in [0.3, 0.4) is 0 Å². The molecule has 1 atom stereocenters. The molecule has 0 aromatic heterocycles. The summed E-state index contributed by atoms with van der Waals surface area (Å²) in [7, 11) is 0. The van der Waals surface area contributed by atoms with Crippen molar-refractivity contribution in [3.05, 3.63) is 5.92 Å². The lowest BCUT2D eigenvalue weighted by atomic mass is 9.85. The van der Waals surface area contributed by atoms with Crippen LogP contribution >= 0.6 is 0 Å². The van der Waals surface area contributed by atoms with Crippen molar-refractivity contribution in [1.29, 1.82) is 0 Å². The largest absolute Gasteiger partial charge is 0.0654 e. The molecular formula is C26H51. The second-order valence-electron chi connectivity index (χ2n) is 9.18. The van der Waals surface area contributed by atoms with Crippen LogP contribution in [0.1, 0.15) is 155 Å². The van der Waals surface area contributed by atoms with Crippen LogP contribution in [0.25, 0.3) is 0 Å². The Bertz CT molecular complexity index is 263. The van der Waals surface area contributed by atoms with Gasteiger partial charge in [0.15, 0.2) is 0 Å². The maximum Gasteiger partial charge on any atom is -0.0241 e. The topological polar surface area (TPSA) is 0 Å². The SMILES string of the molecule is CCCCCCCCCCC(CCCC)CCCCC[C]1CCCCC1. The van der Waals surface area contributed by atoms with E-state index >= 15 is 0 Å². The Morgan fingerprint density at radius 2 is 1.04 bits per heavy atom. The second kappa shape index (κ2) is 18.4. The number of unbranched alkanes of at least 4 members (excludes halogenated alkanes) is 10. The molecule has 155 valence electrons. The third-order valence-corrected chi connectivity index (χ3v) is 6.64. The molecule has 1 saturated carbocycles. The highest BCUT2D eigenvalue weighted by Crippen LogP contribution is 2.30. The van der Waals surface area contributed by atoms with Gasteiger partial charge in [0.05, 0.1) is 0 Å². The van der Waals surface area contributed by atoms with Gasteiger partial charge in [-0.1, -0.05) is 136 Å². The Morgan fingerprint density at radius 1 is 0.538 bits per heavy atom. The summed E-state index contributed by atoms with van der Waals surface area (Å²) < 4.78 is 0. The third kappa shape index (κ3) is 14.1. The van der Waals surface area contributed by atoms with E-state index in [1.807, 2.05) is 5.92 Å². The van der Waals surface area contributed by atoms with E-state index in [2.05, 4.69) is 13.8 Å². The predicted molar refractivity (Wildman–Crippen MR) is 120 cm³/mol. The molecule has 1 unspecified atom stereocenters. The molecule has 0 amide bonds. The normalized spacial score (nSPS) is 16.8. The smallest absolute Gasteiger partial charge is 0.0241 e. The first-order valence-corrected chi connectivity index (χ1v) is 12.7. The average Bonchev–Trinajstić information content (AvgIpc) is 2.68. The molecule has 0 heteroatoms. The molecular weight excluding hydrogens is 312 g/mol. The lowest BCUT2D eigenvalue weighted by Crippen LogP contribution is -2.04. The van der Waals surface area contributed by atoms with Crippen LogP contribution in [0.2, 0.25) is 0 Å². The predicted octanol–water partition coefficient (Wildman–Crippen LogP) is 9.81. The number of rotatable bonds is 18. The van der Waals surface area contributed by atoms with Crippen LogP contribution in [-0.2, 0) is 0 Å². The molecule has 1 radical (unpaired) electrons. The molecule has 0 bridgehead atoms. The second-order valence-corrected chi connectivity index (χ2v) is 9.18. The van der Waals surface area contributed by atoms with Gasteiger partial charge >= 0.3 is 0 Å². The first-order chi connectivity index (χ1) is 12.9. The van der Waals surface area contributed by atoms with Gasteiger partial charge in [-0.05, 0) is 31.1 Å². The Morgan fingerprint density at radius 3 is 1.65 bits per heavy atom. The van der Waals surface area contributed by atoms with Gasteiger partial charge in [-0.25, -0.2) is 0 Å². The third-order valence-electron chi connectivity index (χ3n) is 6.64. The van der Waals surface area contributed by atoms with Crippen molar-refractivity contribution in [3.63, 3.8) is 0 Å². The summed E-state index contributed by atoms with van der Waals surface area (Å²) in [5.74, 6) is 2.94. The Kier molecular flexibility index (Phi) is 17.0. The molecule has 1 aliphatic carbocycles. The van der Waals surface area contributed by atoms with Crippen LogP contribution < -0.4 is 0 Å². The van der Waals surface area contributed by atoms with Crippen LogP contribution in [0.15, 0.2) is 0 Å². The Labute approximate surface area is 167 Å². The molecule has 0 aromatic carbocycles. The molecule has 0 aliphatic heterocycles. The maximum atomic E-state index is 2.36. The first kappa shape index (κ1) is 24.0. The van der Waals surface area contributed by atoms with Gasteiger partial charge in [-0.2, -0.15) is 0 Å². The molecule has 1 fully saturated rings. The van der Waals surface area contributed by atoms with Gasteiger partial charge in [-0.3, -0.25) is 0 Å². The maximum absolute atomic E-state index is 2.36. The fourth-order valence-electron chi connectivity index (χ4n) is 4.78. The van der Waals surface area contributed by atoms with Gasteiger partial charge in [0.1, 0.15) is 0 Å². The molecule has 0 heterocycles. The first-order valence-electron chi connectivity index (χ1n) is 12.7. The van der Waals surface area contributed by atoms with Crippen LogP contribution in [0.4, 0.5) is 0 Å².